The van der Waals surface area contributed by atoms with E-state index in [0.717, 1.165) is 0 Å². The summed E-state index contributed by atoms with van der Waals surface area (Å²) < 4.78 is 8.88. The first-order chi connectivity index (χ1) is 2.00. The van der Waals surface area contributed by atoms with Gasteiger partial charge in [-0.3, -0.25) is 0 Å². The summed E-state index contributed by atoms with van der Waals surface area (Å²) in [6, 6.07) is 0. The summed E-state index contributed by atoms with van der Waals surface area (Å²) in [5.74, 6) is 0. The van der Waals surface area contributed by atoms with Gasteiger partial charge < -0.3 is 20.4 Å². The van der Waals surface area contributed by atoms with Crippen LogP contribution in [0.3, 0.4) is 0 Å². The summed E-state index contributed by atoms with van der Waals surface area (Å²) in [6.45, 7) is 0. The SMILES string of the molecule is O=P(O)(O)O.[H-].[H-].[H-].[H-].[K+].[Na+].[Na+].[Na+]. The van der Waals surface area contributed by atoms with E-state index in [2.05, 4.69) is 0 Å². The van der Waals surface area contributed by atoms with E-state index >= 15 is 0 Å². The first kappa shape index (κ1) is 29.2. The van der Waals surface area contributed by atoms with Crippen LogP contribution in [0.2, 0.25) is 0 Å². The summed E-state index contributed by atoms with van der Waals surface area (Å²) in [7, 11) is -4.64. The van der Waals surface area contributed by atoms with E-state index < -0.39 is 7.82 Å². The van der Waals surface area contributed by atoms with Gasteiger partial charge in [0.1, 0.15) is 0 Å². The Morgan fingerprint density at radius 2 is 1.00 bits per heavy atom. The van der Waals surface area contributed by atoms with Crippen molar-refractivity contribution in [2.45, 2.75) is 0 Å². The fraction of sp³-hybridized carbons (Fsp3) is 0. The van der Waals surface area contributed by atoms with Gasteiger partial charge in [0.25, 0.3) is 0 Å². The summed E-state index contributed by atoms with van der Waals surface area (Å²) >= 11 is 0. The summed E-state index contributed by atoms with van der Waals surface area (Å²) in [4.78, 5) is 21.6. The molecule has 0 aliphatic rings. The van der Waals surface area contributed by atoms with Crippen LogP contribution in [-0.2, 0) is 4.57 Å². The zero-order valence-corrected chi connectivity index (χ0v) is 16.2. The molecule has 0 aromatic carbocycles. The second kappa shape index (κ2) is 15.2. The van der Waals surface area contributed by atoms with E-state index in [1.807, 2.05) is 0 Å². The third kappa shape index (κ3) is 65.3. The van der Waals surface area contributed by atoms with Crippen molar-refractivity contribution in [3.05, 3.63) is 0 Å². The predicted molar refractivity (Wildman–Crippen MR) is 18.7 cm³/mol. The van der Waals surface area contributed by atoms with Crippen LogP contribution in [0, 0.1) is 0 Å². The second-order valence-corrected chi connectivity index (χ2v) is 1.54. The van der Waals surface area contributed by atoms with Crippen molar-refractivity contribution in [1.29, 1.82) is 0 Å². The number of hydrogen-bond donors (Lipinski definition) is 3. The van der Waals surface area contributed by atoms with Crippen molar-refractivity contribution in [2.75, 3.05) is 0 Å². The van der Waals surface area contributed by atoms with Gasteiger partial charge in [-0.1, -0.05) is 0 Å². The molecule has 0 heterocycles. The minimum Gasteiger partial charge on any atom is -1.00 e. The quantitative estimate of drug-likeness (QED) is 0.274. The first-order valence-corrected chi connectivity index (χ1v) is 2.35. The Morgan fingerprint density at radius 1 is 1.00 bits per heavy atom. The van der Waals surface area contributed by atoms with Crippen LogP contribution in [0.4, 0.5) is 0 Å². The van der Waals surface area contributed by atoms with Gasteiger partial charge in [0.2, 0.25) is 0 Å². The van der Waals surface area contributed by atoms with Gasteiger partial charge in [-0.05, 0) is 0 Å². The Bertz CT molecular complexity index is 73.5. The van der Waals surface area contributed by atoms with Crippen LogP contribution in [0.15, 0.2) is 0 Å². The molecule has 0 amide bonds. The molecule has 9 heteroatoms. The minimum atomic E-state index is -4.64. The van der Waals surface area contributed by atoms with Crippen LogP contribution in [-0.4, -0.2) is 14.7 Å². The maximum absolute atomic E-state index is 8.88. The third-order valence-electron chi connectivity index (χ3n) is 0. The molecule has 0 fully saturated rings. The molecule has 0 atom stereocenters. The van der Waals surface area contributed by atoms with E-state index in [0.29, 0.717) is 0 Å². The van der Waals surface area contributed by atoms with Crippen molar-refractivity contribution in [2.24, 2.45) is 0 Å². The maximum Gasteiger partial charge on any atom is 1.00 e. The first-order valence-electron chi connectivity index (χ1n) is 0.783. The normalized spacial score (nSPS) is 6.56. The topological polar surface area (TPSA) is 77.8 Å². The second-order valence-electron chi connectivity index (χ2n) is 0.513. The Morgan fingerprint density at radius 3 is 1.00 bits per heavy atom. The number of hydrogen-bond acceptors (Lipinski definition) is 1. The van der Waals surface area contributed by atoms with E-state index in [-0.39, 0.29) is 146 Å². The molecule has 0 aliphatic carbocycles. The zero-order chi connectivity index (χ0) is 4.50. The van der Waals surface area contributed by atoms with Gasteiger partial charge in [-0.2, -0.15) is 0 Å². The van der Waals surface area contributed by atoms with Crippen molar-refractivity contribution >= 4 is 7.82 Å². The molecule has 0 aliphatic heterocycles. The molecule has 4 nitrogen and oxygen atoms in total. The van der Waals surface area contributed by atoms with Gasteiger partial charge >= 0.3 is 148 Å². The molecule has 0 spiro atoms. The van der Waals surface area contributed by atoms with Crippen LogP contribution in [0.1, 0.15) is 5.71 Å². The number of phosphoric acid groups is 1. The molecule has 0 saturated heterocycles. The van der Waals surface area contributed by atoms with Gasteiger partial charge in [-0.15, -0.1) is 0 Å². The minimum absolute atomic E-state index is 0. The smallest absolute Gasteiger partial charge is 1.00 e. The zero-order valence-electron chi connectivity index (χ0n) is 10.2. The molecule has 9 heavy (non-hydrogen) atoms. The van der Waals surface area contributed by atoms with Crippen molar-refractivity contribution in [1.82, 2.24) is 0 Å². The molecule has 0 radical (unpaired) electrons. The molecule has 0 rings (SSSR count). The summed E-state index contributed by atoms with van der Waals surface area (Å²) in [5.41, 5.74) is 0. The van der Waals surface area contributed by atoms with E-state index in [4.69, 9.17) is 19.2 Å². The maximum atomic E-state index is 8.88. The van der Waals surface area contributed by atoms with Crippen molar-refractivity contribution in [3.63, 3.8) is 0 Å². The molecule has 40 valence electrons. The average molecular weight is 210 g/mol. The van der Waals surface area contributed by atoms with E-state index in [1.54, 1.807) is 0 Å². The largest absolute Gasteiger partial charge is 1.00 e. The molecular weight excluding hydrogens is 203 g/mol. The van der Waals surface area contributed by atoms with E-state index in [1.165, 1.54) is 0 Å². The van der Waals surface area contributed by atoms with Crippen LogP contribution < -0.4 is 140 Å². The van der Waals surface area contributed by atoms with E-state index in [9.17, 15) is 0 Å². The molecule has 0 aromatic heterocycles. The average Bonchev–Trinajstić information content (AvgIpc) is 0.722. The summed E-state index contributed by atoms with van der Waals surface area (Å²) in [6.07, 6.45) is 0. The molecule has 0 saturated carbocycles. The third-order valence-corrected chi connectivity index (χ3v) is 0. The Labute approximate surface area is 168 Å². The molecule has 0 aromatic rings. The van der Waals surface area contributed by atoms with Gasteiger partial charge in [-0.25, -0.2) is 4.57 Å². The fourth-order valence-corrected chi connectivity index (χ4v) is 0. The summed E-state index contributed by atoms with van der Waals surface area (Å²) in [5, 5.41) is 0. The van der Waals surface area contributed by atoms with Gasteiger partial charge in [0.15, 0.2) is 0 Å². The van der Waals surface area contributed by atoms with Crippen LogP contribution in [0.25, 0.3) is 0 Å². The molecule has 3 N–H and O–H groups in total. The van der Waals surface area contributed by atoms with Crippen molar-refractivity contribution in [3.8, 4) is 0 Å². The molecule has 0 unspecified atom stereocenters. The molecular formula is H7KNa3O4P. The van der Waals surface area contributed by atoms with Gasteiger partial charge in [0.05, 0.1) is 0 Å². The van der Waals surface area contributed by atoms with Crippen LogP contribution in [0.5, 0.6) is 0 Å². The monoisotopic (exact) mass is 210 g/mol. The van der Waals surface area contributed by atoms with Crippen LogP contribution >= 0.6 is 7.82 Å². The Kier molecular flexibility index (Phi) is 49.4. The standard InChI is InChI=1S/K.3Na.H3O4P.4H/c;;;;1-5(2,3)4;;;;/h;;;;(H3,1,2,3,4);;;;/q4*+1;;4*-1. The Balaban J connectivity index is -0.00000000286. The van der Waals surface area contributed by atoms with Gasteiger partial charge in [0, 0.05) is 0 Å². The predicted octanol–water partition coefficient (Wildman–Crippen LogP) is -12.5. The molecule has 0 bridgehead atoms. The number of rotatable bonds is 0. The van der Waals surface area contributed by atoms with Crippen molar-refractivity contribution < 1.29 is 165 Å². The fourth-order valence-electron chi connectivity index (χ4n) is 0. The Hall–Kier alpha value is 4.75.